The van der Waals surface area contributed by atoms with E-state index < -0.39 is 0 Å². The summed E-state index contributed by atoms with van der Waals surface area (Å²) in [7, 11) is 1.59. The molecule has 0 aliphatic carbocycles. The largest absolute Gasteiger partial charge is 0.497 e. The Morgan fingerprint density at radius 3 is 2.61 bits per heavy atom. The number of carbonyl (C=O) groups excluding carboxylic acids is 2. The van der Waals surface area contributed by atoms with E-state index in [1.165, 1.54) is 0 Å². The lowest BCUT2D eigenvalue weighted by Crippen LogP contribution is -2.45. The zero-order valence-electron chi connectivity index (χ0n) is 13.5. The number of Topliss-reactive ketones (excluding diaryl/α,β-unsaturated/α-hetero) is 1. The summed E-state index contributed by atoms with van der Waals surface area (Å²) in [5.41, 5.74) is 0.665. The van der Waals surface area contributed by atoms with E-state index in [1.54, 1.807) is 31.4 Å². The lowest BCUT2D eigenvalue weighted by Gasteiger charge is -2.23. The Bertz CT molecular complexity index is 499. The summed E-state index contributed by atoms with van der Waals surface area (Å²) in [6.45, 7) is 1.87. The van der Waals surface area contributed by atoms with Gasteiger partial charge in [-0.15, -0.1) is 12.4 Å². The van der Waals surface area contributed by atoms with E-state index in [4.69, 9.17) is 4.74 Å². The first kappa shape index (κ1) is 19.5. The number of methoxy groups -OCH3 is 1. The highest BCUT2D eigenvalue weighted by atomic mass is 35.5. The minimum absolute atomic E-state index is 0. The quantitative estimate of drug-likeness (QED) is 0.748. The lowest BCUT2D eigenvalue weighted by atomic mass is 10.0. The van der Waals surface area contributed by atoms with Crippen LogP contribution in [0.2, 0.25) is 0 Å². The fraction of sp³-hybridized carbons (Fsp3) is 0.529. The third kappa shape index (κ3) is 6.59. The van der Waals surface area contributed by atoms with E-state index in [0.29, 0.717) is 24.8 Å². The van der Waals surface area contributed by atoms with Crippen molar-refractivity contribution in [1.82, 2.24) is 10.6 Å². The van der Waals surface area contributed by atoms with Gasteiger partial charge in [-0.1, -0.05) is 0 Å². The second kappa shape index (κ2) is 10.2. The van der Waals surface area contributed by atoms with Gasteiger partial charge in [-0.05, 0) is 50.1 Å². The number of nitrogens with one attached hydrogen (secondary N) is 2. The third-order valence-corrected chi connectivity index (χ3v) is 3.88. The molecular formula is C17H25ClN2O3. The van der Waals surface area contributed by atoms with E-state index in [9.17, 15) is 9.59 Å². The topological polar surface area (TPSA) is 67.4 Å². The molecule has 0 spiro atoms. The number of amides is 1. The lowest BCUT2D eigenvalue weighted by molar-refractivity contribution is -0.122. The first-order chi connectivity index (χ1) is 10.7. The fourth-order valence-electron chi connectivity index (χ4n) is 2.61. The van der Waals surface area contributed by atoms with Gasteiger partial charge in [-0.3, -0.25) is 9.59 Å². The maximum Gasteiger partial charge on any atom is 0.220 e. The molecule has 1 aromatic carbocycles. The summed E-state index contributed by atoms with van der Waals surface area (Å²) in [6.07, 6.45) is 3.50. The summed E-state index contributed by atoms with van der Waals surface area (Å²) in [5, 5.41) is 6.28. The number of rotatable bonds is 7. The molecule has 1 amide bonds. The van der Waals surface area contributed by atoms with Gasteiger partial charge >= 0.3 is 0 Å². The minimum atomic E-state index is 0. The van der Waals surface area contributed by atoms with Gasteiger partial charge in [0.2, 0.25) is 5.91 Å². The summed E-state index contributed by atoms with van der Waals surface area (Å²) in [5.74, 6) is 0.836. The van der Waals surface area contributed by atoms with Crippen LogP contribution in [0.3, 0.4) is 0 Å². The highest BCUT2D eigenvalue weighted by molar-refractivity contribution is 5.96. The molecule has 1 unspecified atom stereocenters. The van der Waals surface area contributed by atoms with E-state index in [1.807, 2.05) is 0 Å². The molecule has 1 aliphatic rings. The molecule has 2 N–H and O–H groups in total. The molecule has 0 aromatic heterocycles. The maximum atomic E-state index is 12.0. The smallest absolute Gasteiger partial charge is 0.220 e. The molecule has 1 heterocycles. The Hall–Kier alpha value is -1.59. The summed E-state index contributed by atoms with van der Waals surface area (Å²) >= 11 is 0. The van der Waals surface area contributed by atoms with Crippen molar-refractivity contribution in [3.8, 4) is 5.75 Å². The van der Waals surface area contributed by atoms with Crippen molar-refractivity contribution in [3.63, 3.8) is 0 Å². The van der Waals surface area contributed by atoms with Crippen LogP contribution < -0.4 is 15.4 Å². The zero-order chi connectivity index (χ0) is 15.8. The Labute approximate surface area is 143 Å². The molecule has 1 fully saturated rings. The number of benzene rings is 1. The summed E-state index contributed by atoms with van der Waals surface area (Å²) in [6, 6.07) is 7.30. The number of carbonyl (C=O) groups is 2. The fourth-order valence-corrected chi connectivity index (χ4v) is 2.61. The SMILES string of the molecule is COc1ccc(C(=O)CCCC(=O)NC2CCCNC2)cc1.Cl. The molecular weight excluding hydrogens is 316 g/mol. The molecule has 5 nitrogen and oxygen atoms in total. The van der Waals surface area contributed by atoms with Crippen LogP contribution in [0.25, 0.3) is 0 Å². The molecule has 2 rings (SSSR count). The van der Waals surface area contributed by atoms with Gasteiger partial charge in [-0.25, -0.2) is 0 Å². The van der Waals surface area contributed by atoms with Gasteiger partial charge in [0.05, 0.1) is 7.11 Å². The summed E-state index contributed by atoms with van der Waals surface area (Å²) < 4.78 is 5.06. The zero-order valence-corrected chi connectivity index (χ0v) is 14.3. The first-order valence-corrected chi connectivity index (χ1v) is 7.86. The first-order valence-electron chi connectivity index (χ1n) is 7.86. The van der Waals surface area contributed by atoms with Crippen LogP contribution in [0.15, 0.2) is 24.3 Å². The molecule has 1 atom stereocenters. The number of halogens is 1. The number of hydrogen-bond donors (Lipinski definition) is 2. The average molecular weight is 341 g/mol. The molecule has 1 aromatic rings. The van der Waals surface area contributed by atoms with E-state index >= 15 is 0 Å². The van der Waals surface area contributed by atoms with Crippen LogP contribution in [0.5, 0.6) is 5.75 Å². The molecule has 0 bridgehead atoms. The molecule has 0 radical (unpaired) electrons. The van der Waals surface area contributed by atoms with Crippen LogP contribution in [-0.2, 0) is 4.79 Å². The van der Waals surface area contributed by atoms with Crippen molar-refractivity contribution >= 4 is 24.1 Å². The maximum absolute atomic E-state index is 12.0. The Kier molecular flexibility index (Phi) is 8.66. The van der Waals surface area contributed by atoms with Gasteiger partial charge in [0, 0.05) is 31.0 Å². The normalized spacial score (nSPS) is 17.0. The van der Waals surface area contributed by atoms with Gasteiger partial charge in [0.1, 0.15) is 5.75 Å². The van der Waals surface area contributed by atoms with Gasteiger partial charge in [0.25, 0.3) is 0 Å². The van der Waals surface area contributed by atoms with Crippen molar-refractivity contribution in [2.45, 2.75) is 38.1 Å². The Morgan fingerprint density at radius 2 is 2.00 bits per heavy atom. The van der Waals surface area contributed by atoms with E-state index in [2.05, 4.69) is 10.6 Å². The molecule has 0 saturated carbocycles. The molecule has 23 heavy (non-hydrogen) atoms. The van der Waals surface area contributed by atoms with Crippen LogP contribution in [-0.4, -0.2) is 37.9 Å². The average Bonchev–Trinajstić information content (AvgIpc) is 2.55. The second-order valence-corrected chi connectivity index (χ2v) is 5.62. The predicted octanol–water partition coefficient (Wildman–Crippen LogP) is 2.34. The Balaban J connectivity index is 0.00000264. The number of ketones is 1. The standard InChI is InChI=1S/C17H24N2O3.ClH/c1-22-15-9-7-13(8-10-15)16(20)5-2-6-17(21)19-14-4-3-11-18-12-14;/h7-10,14,18H,2-6,11-12H2,1H3,(H,19,21);1H. The van der Waals surface area contributed by atoms with Crippen molar-refractivity contribution in [2.75, 3.05) is 20.2 Å². The van der Waals surface area contributed by atoms with E-state index in [-0.39, 0.29) is 30.1 Å². The minimum Gasteiger partial charge on any atom is -0.497 e. The number of hydrogen-bond acceptors (Lipinski definition) is 4. The van der Waals surface area contributed by atoms with Crippen LogP contribution in [0.4, 0.5) is 0 Å². The molecule has 1 aliphatic heterocycles. The van der Waals surface area contributed by atoms with Crippen molar-refractivity contribution in [1.29, 1.82) is 0 Å². The third-order valence-electron chi connectivity index (χ3n) is 3.88. The van der Waals surface area contributed by atoms with Crippen molar-refractivity contribution in [2.24, 2.45) is 0 Å². The Morgan fingerprint density at radius 1 is 1.26 bits per heavy atom. The van der Waals surface area contributed by atoms with Gasteiger partial charge in [0.15, 0.2) is 5.78 Å². The second-order valence-electron chi connectivity index (χ2n) is 5.62. The predicted molar refractivity (Wildman–Crippen MR) is 92.5 cm³/mol. The van der Waals surface area contributed by atoms with E-state index in [0.717, 1.165) is 31.7 Å². The van der Waals surface area contributed by atoms with Gasteiger partial charge < -0.3 is 15.4 Å². The van der Waals surface area contributed by atoms with Crippen LogP contribution in [0, 0.1) is 0 Å². The summed E-state index contributed by atoms with van der Waals surface area (Å²) in [4.78, 5) is 23.9. The number of ether oxygens (including phenoxy) is 1. The molecule has 128 valence electrons. The number of piperidine rings is 1. The van der Waals surface area contributed by atoms with Crippen molar-refractivity contribution in [3.05, 3.63) is 29.8 Å². The molecule has 1 saturated heterocycles. The van der Waals surface area contributed by atoms with Crippen LogP contribution in [0.1, 0.15) is 42.5 Å². The van der Waals surface area contributed by atoms with Crippen LogP contribution >= 0.6 is 12.4 Å². The molecule has 6 heteroatoms. The highest BCUT2D eigenvalue weighted by Crippen LogP contribution is 2.14. The highest BCUT2D eigenvalue weighted by Gasteiger charge is 2.15. The van der Waals surface area contributed by atoms with Gasteiger partial charge in [-0.2, -0.15) is 0 Å². The monoisotopic (exact) mass is 340 g/mol. The van der Waals surface area contributed by atoms with Crippen molar-refractivity contribution < 1.29 is 14.3 Å².